The molecule has 0 heterocycles. The van der Waals surface area contributed by atoms with E-state index in [1.165, 1.54) is 13.0 Å². The summed E-state index contributed by atoms with van der Waals surface area (Å²) in [5.74, 6) is -1.13. The van der Waals surface area contributed by atoms with Crippen LogP contribution < -0.4 is 0 Å². The zero-order valence-corrected chi connectivity index (χ0v) is 8.56. The fourth-order valence-electron chi connectivity index (χ4n) is 1.01. The summed E-state index contributed by atoms with van der Waals surface area (Å²) in [6.45, 7) is 1.29. The number of Topliss-reactive ketones (excluding diaryl/α,β-unsaturated/α-hetero) is 1. The Kier molecular flexibility index (Phi) is 2.71. The second kappa shape index (κ2) is 3.49. The fraction of sp³-hybridized carbons (Fsp3) is 0.222. The number of rotatable bonds is 2. The maximum absolute atomic E-state index is 13.0. The van der Waals surface area contributed by atoms with Gasteiger partial charge in [0.1, 0.15) is 10.7 Å². The van der Waals surface area contributed by atoms with Crippen LogP contribution in [0.15, 0.2) is 23.1 Å². The lowest BCUT2D eigenvalue weighted by atomic mass is 10.1. The molecule has 1 rings (SSSR count). The van der Waals surface area contributed by atoms with Crippen molar-refractivity contribution < 1.29 is 17.6 Å². The second-order valence-corrected chi connectivity index (χ2v) is 4.96. The van der Waals surface area contributed by atoms with E-state index in [0.29, 0.717) is 0 Å². The van der Waals surface area contributed by atoms with Crippen molar-refractivity contribution in [3.63, 3.8) is 0 Å². The van der Waals surface area contributed by atoms with Crippen molar-refractivity contribution in [2.24, 2.45) is 0 Å². The van der Waals surface area contributed by atoms with E-state index in [0.717, 1.165) is 18.4 Å². The molecule has 14 heavy (non-hydrogen) atoms. The molecule has 1 aromatic rings. The normalized spacial score (nSPS) is 11.4. The zero-order valence-electron chi connectivity index (χ0n) is 7.74. The van der Waals surface area contributed by atoms with E-state index in [2.05, 4.69) is 0 Å². The second-order valence-electron chi connectivity index (χ2n) is 2.97. The molecule has 0 spiro atoms. The van der Waals surface area contributed by atoms with E-state index in [1.807, 2.05) is 0 Å². The molecule has 1 aromatic carbocycles. The van der Waals surface area contributed by atoms with Crippen molar-refractivity contribution in [3.05, 3.63) is 29.6 Å². The summed E-state index contributed by atoms with van der Waals surface area (Å²) in [4.78, 5) is 10.5. The third-order valence-corrected chi connectivity index (χ3v) is 2.85. The first-order chi connectivity index (χ1) is 6.32. The molecule has 0 atom stereocenters. The lowest BCUT2D eigenvalue weighted by Gasteiger charge is -2.02. The van der Waals surface area contributed by atoms with Crippen LogP contribution in [0, 0.1) is 5.82 Å². The first kappa shape index (κ1) is 10.8. The molecule has 0 aromatic heterocycles. The van der Waals surface area contributed by atoms with E-state index in [-0.39, 0.29) is 11.3 Å². The van der Waals surface area contributed by atoms with Crippen LogP contribution in [0.4, 0.5) is 4.39 Å². The standard InChI is InChI=1S/C9H9FO3S/c1-6(11)7-3-4-8(10)9(5-7)14(2,12)13/h3-5H,1-2H3. The summed E-state index contributed by atoms with van der Waals surface area (Å²) < 4.78 is 35.2. The Morgan fingerprint density at radius 2 is 1.93 bits per heavy atom. The Morgan fingerprint density at radius 3 is 2.36 bits per heavy atom. The van der Waals surface area contributed by atoms with Crippen molar-refractivity contribution in [3.8, 4) is 0 Å². The van der Waals surface area contributed by atoms with E-state index in [9.17, 15) is 17.6 Å². The molecule has 0 aliphatic rings. The molecular weight excluding hydrogens is 207 g/mol. The highest BCUT2D eigenvalue weighted by Gasteiger charge is 2.15. The van der Waals surface area contributed by atoms with Gasteiger partial charge in [0, 0.05) is 11.8 Å². The van der Waals surface area contributed by atoms with Crippen molar-refractivity contribution in [2.75, 3.05) is 6.26 Å². The maximum atomic E-state index is 13.0. The van der Waals surface area contributed by atoms with Gasteiger partial charge in [0.05, 0.1) is 0 Å². The first-order valence-electron chi connectivity index (χ1n) is 3.83. The highest BCUT2D eigenvalue weighted by atomic mass is 32.2. The van der Waals surface area contributed by atoms with Crippen LogP contribution in [0.5, 0.6) is 0 Å². The average molecular weight is 216 g/mol. The number of carbonyl (C=O) groups excluding carboxylic acids is 1. The van der Waals surface area contributed by atoms with Crippen molar-refractivity contribution in [1.29, 1.82) is 0 Å². The van der Waals surface area contributed by atoms with Crippen LogP contribution in [0.2, 0.25) is 0 Å². The molecule has 5 heteroatoms. The highest BCUT2D eigenvalue weighted by Crippen LogP contribution is 2.16. The Bertz CT molecular complexity index is 477. The summed E-state index contributed by atoms with van der Waals surface area (Å²) in [5, 5.41) is 0. The molecule has 0 aliphatic carbocycles. The molecule has 0 bridgehead atoms. The zero-order chi connectivity index (χ0) is 10.9. The van der Waals surface area contributed by atoms with E-state index >= 15 is 0 Å². The van der Waals surface area contributed by atoms with Gasteiger partial charge in [0.15, 0.2) is 15.6 Å². The van der Waals surface area contributed by atoms with E-state index in [4.69, 9.17) is 0 Å². The van der Waals surface area contributed by atoms with Gasteiger partial charge in [-0.05, 0) is 25.1 Å². The summed E-state index contributed by atoms with van der Waals surface area (Å²) >= 11 is 0. The van der Waals surface area contributed by atoms with Crippen molar-refractivity contribution >= 4 is 15.6 Å². The molecule has 76 valence electrons. The molecular formula is C9H9FO3S. The lowest BCUT2D eigenvalue weighted by molar-refractivity contribution is 0.101. The average Bonchev–Trinajstić information content (AvgIpc) is 2.02. The lowest BCUT2D eigenvalue weighted by Crippen LogP contribution is -2.03. The molecule has 0 aliphatic heterocycles. The van der Waals surface area contributed by atoms with Crippen LogP contribution >= 0.6 is 0 Å². The summed E-state index contributed by atoms with van der Waals surface area (Å²) in [5.41, 5.74) is 0.187. The fourth-order valence-corrected chi connectivity index (χ4v) is 1.77. The molecule has 0 saturated heterocycles. The predicted molar refractivity (Wildman–Crippen MR) is 49.5 cm³/mol. The topological polar surface area (TPSA) is 51.2 Å². The molecule has 0 amide bonds. The number of ketones is 1. The number of hydrogen-bond donors (Lipinski definition) is 0. The number of carbonyl (C=O) groups is 1. The number of hydrogen-bond acceptors (Lipinski definition) is 3. The van der Waals surface area contributed by atoms with Gasteiger partial charge in [-0.3, -0.25) is 4.79 Å². The summed E-state index contributed by atoms with van der Waals surface area (Å²) in [6, 6.07) is 3.28. The van der Waals surface area contributed by atoms with Crippen molar-refractivity contribution in [1.82, 2.24) is 0 Å². The largest absolute Gasteiger partial charge is 0.295 e. The van der Waals surface area contributed by atoms with Crippen LogP contribution in [0.1, 0.15) is 17.3 Å². The third-order valence-electron chi connectivity index (χ3n) is 1.74. The van der Waals surface area contributed by atoms with Gasteiger partial charge in [-0.2, -0.15) is 0 Å². The maximum Gasteiger partial charge on any atom is 0.178 e. The quantitative estimate of drug-likeness (QED) is 0.703. The van der Waals surface area contributed by atoms with Crippen LogP contribution in [0.3, 0.4) is 0 Å². The van der Waals surface area contributed by atoms with Gasteiger partial charge in [0.2, 0.25) is 0 Å². The monoisotopic (exact) mass is 216 g/mol. The van der Waals surface area contributed by atoms with Gasteiger partial charge in [-0.25, -0.2) is 12.8 Å². The Balaban J connectivity index is 3.44. The highest BCUT2D eigenvalue weighted by molar-refractivity contribution is 7.90. The minimum Gasteiger partial charge on any atom is -0.295 e. The molecule has 0 fully saturated rings. The Hall–Kier alpha value is -1.23. The molecule has 3 nitrogen and oxygen atoms in total. The smallest absolute Gasteiger partial charge is 0.178 e. The van der Waals surface area contributed by atoms with Crippen LogP contribution in [-0.2, 0) is 9.84 Å². The van der Waals surface area contributed by atoms with Gasteiger partial charge in [-0.15, -0.1) is 0 Å². The predicted octanol–water partition coefficient (Wildman–Crippen LogP) is 1.43. The minimum atomic E-state index is -3.62. The molecule has 0 N–H and O–H groups in total. The molecule has 0 saturated carbocycles. The number of sulfone groups is 1. The van der Waals surface area contributed by atoms with Gasteiger partial charge < -0.3 is 0 Å². The Labute approximate surface area is 81.5 Å². The van der Waals surface area contributed by atoms with E-state index < -0.39 is 20.5 Å². The summed E-state index contributed by atoms with van der Waals surface area (Å²) in [6.07, 6.45) is 0.898. The number of benzene rings is 1. The van der Waals surface area contributed by atoms with Crippen LogP contribution in [-0.4, -0.2) is 20.5 Å². The molecule has 0 radical (unpaired) electrons. The van der Waals surface area contributed by atoms with Crippen molar-refractivity contribution in [2.45, 2.75) is 11.8 Å². The first-order valence-corrected chi connectivity index (χ1v) is 5.72. The van der Waals surface area contributed by atoms with Gasteiger partial charge in [-0.1, -0.05) is 0 Å². The molecule has 0 unspecified atom stereocenters. The Morgan fingerprint density at radius 1 is 1.36 bits per heavy atom. The summed E-state index contributed by atoms with van der Waals surface area (Å²) in [7, 11) is -3.62. The van der Waals surface area contributed by atoms with E-state index in [1.54, 1.807) is 0 Å². The minimum absolute atomic E-state index is 0.187. The van der Waals surface area contributed by atoms with Gasteiger partial charge in [0.25, 0.3) is 0 Å². The SMILES string of the molecule is CC(=O)c1ccc(F)c(S(C)(=O)=O)c1. The van der Waals surface area contributed by atoms with Crippen LogP contribution in [0.25, 0.3) is 0 Å². The van der Waals surface area contributed by atoms with Gasteiger partial charge >= 0.3 is 0 Å². The number of halogens is 1. The third kappa shape index (κ3) is 2.17.